The minimum absolute atomic E-state index is 0.0516. The Bertz CT molecular complexity index is 376. The summed E-state index contributed by atoms with van der Waals surface area (Å²) in [5.74, 6) is 0.672. The number of carbonyl (C=O) groups is 1. The third kappa shape index (κ3) is 5.60. The summed E-state index contributed by atoms with van der Waals surface area (Å²) in [6.07, 6.45) is 2.88. The van der Waals surface area contributed by atoms with E-state index in [1.165, 1.54) is 4.88 Å². The quantitative estimate of drug-likeness (QED) is 0.798. The molecule has 1 unspecified atom stereocenters. The van der Waals surface area contributed by atoms with E-state index in [1.807, 2.05) is 20.0 Å². The average Bonchev–Trinajstić information content (AvgIpc) is 2.72. The van der Waals surface area contributed by atoms with Crippen molar-refractivity contribution < 1.29 is 4.79 Å². The molecule has 0 aromatic carbocycles. The molecule has 0 aliphatic heterocycles. The molecule has 0 bridgehead atoms. The molecule has 0 aliphatic rings. The minimum atomic E-state index is 0.0516. The number of hydrogen-bond donors (Lipinski definition) is 2. The van der Waals surface area contributed by atoms with Crippen LogP contribution in [0, 0.1) is 12.8 Å². The fraction of sp³-hybridized carbons (Fsp3) is 0.692. The first kappa shape index (κ1) is 15.1. The van der Waals surface area contributed by atoms with E-state index in [4.69, 9.17) is 0 Å². The van der Waals surface area contributed by atoms with Crippen molar-refractivity contribution in [2.24, 2.45) is 5.92 Å². The molecule has 0 fully saturated rings. The summed E-state index contributed by atoms with van der Waals surface area (Å²) in [6, 6.07) is 0.125. The second kappa shape index (κ2) is 7.48. The van der Waals surface area contributed by atoms with Gasteiger partial charge >= 0.3 is 0 Å². The van der Waals surface area contributed by atoms with Crippen LogP contribution in [0.2, 0.25) is 0 Å². The number of carbonyl (C=O) groups excluding carboxylic acids is 1. The fourth-order valence-corrected chi connectivity index (χ4v) is 2.27. The molecule has 1 atom stereocenters. The first-order chi connectivity index (χ1) is 8.49. The number of aromatic nitrogens is 1. The summed E-state index contributed by atoms with van der Waals surface area (Å²) in [5.41, 5.74) is 0. The van der Waals surface area contributed by atoms with Crippen LogP contribution in [-0.2, 0) is 4.79 Å². The minimum Gasteiger partial charge on any atom is -0.355 e. The molecular weight excluding hydrogens is 246 g/mol. The molecule has 0 aliphatic carbocycles. The van der Waals surface area contributed by atoms with Crippen molar-refractivity contribution in [1.82, 2.24) is 15.6 Å². The lowest BCUT2D eigenvalue weighted by Gasteiger charge is -2.11. The number of nitrogens with one attached hydrogen (secondary N) is 2. The van der Waals surface area contributed by atoms with Gasteiger partial charge in [0.1, 0.15) is 5.01 Å². The monoisotopic (exact) mass is 269 g/mol. The first-order valence-corrected chi connectivity index (χ1v) is 7.23. The molecule has 1 rings (SSSR count). The van der Waals surface area contributed by atoms with Crippen molar-refractivity contribution in [1.29, 1.82) is 0 Å². The number of thiazole rings is 1. The van der Waals surface area contributed by atoms with Gasteiger partial charge in [-0.15, -0.1) is 11.3 Å². The standard InChI is InChI=1S/C13H23N3OS/c1-9(2)5-6-14-12(17)8-15-11(4)13-16-7-10(3)18-13/h7,9,11,15H,5-6,8H2,1-4H3,(H,14,17). The lowest BCUT2D eigenvalue weighted by atomic mass is 10.1. The highest BCUT2D eigenvalue weighted by atomic mass is 32.1. The number of aryl methyl sites for hydroxylation is 1. The summed E-state index contributed by atoms with van der Waals surface area (Å²) in [5, 5.41) is 7.12. The third-order valence-corrected chi connectivity index (χ3v) is 3.72. The van der Waals surface area contributed by atoms with Crippen LogP contribution in [0.3, 0.4) is 0 Å². The van der Waals surface area contributed by atoms with E-state index in [-0.39, 0.29) is 11.9 Å². The van der Waals surface area contributed by atoms with Gasteiger partial charge in [0.2, 0.25) is 5.91 Å². The van der Waals surface area contributed by atoms with Crippen molar-refractivity contribution >= 4 is 17.2 Å². The van der Waals surface area contributed by atoms with Crippen LogP contribution in [0.1, 0.15) is 43.1 Å². The van der Waals surface area contributed by atoms with E-state index < -0.39 is 0 Å². The first-order valence-electron chi connectivity index (χ1n) is 6.41. The van der Waals surface area contributed by atoms with Gasteiger partial charge in [0.15, 0.2) is 0 Å². The zero-order valence-corrected chi connectivity index (χ0v) is 12.4. The topological polar surface area (TPSA) is 54.0 Å². The van der Waals surface area contributed by atoms with Crippen molar-refractivity contribution in [2.75, 3.05) is 13.1 Å². The molecule has 1 amide bonds. The van der Waals surface area contributed by atoms with E-state index in [2.05, 4.69) is 29.5 Å². The van der Waals surface area contributed by atoms with Gasteiger partial charge in [-0.1, -0.05) is 13.8 Å². The summed E-state index contributed by atoms with van der Waals surface area (Å²) < 4.78 is 0. The number of rotatable bonds is 7. The van der Waals surface area contributed by atoms with Crippen LogP contribution in [0.15, 0.2) is 6.20 Å². The van der Waals surface area contributed by atoms with E-state index >= 15 is 0 Å². The van der Waals surface area contributed by atoms with E-state index in [1.54, 1.807) is 11.3 Å². The molecule has 2 N–H and O–H groups in total. The van der Waals surface area contributed by atoms with Crippen molar-refractivity contribution in [2.45, 2.75) is 40.2 Å². The molecule has 102 valence electrons. The Morgan fingerprint density at radius 3 is 2.72 bits per heavy atom. The Labute approximate surface area is 113 Å². The van der Waals surface area contributed by atoms with Gasteiger partial charge in [0.05, 0.1) is 12.6 Å². The molecule has 0 radical (unpaired) electrons. The summed E-state index contributed by atoms with van der Waals surface area (Å²) in [6.45, 7) is 9.46. The molecule has 0 saturated heterocycles. The maximum absolute atomic E-state index is 11.6. The fourth-order valence-electron chi connectivity index (χ4n) is 1.47. The number of amides is 1. The highest BCUT2D eigenvalue weighted by molar-refractivity contribution is 7.11. The van der Waals surface area contributed by atoms with Crippen molar-refractivity contribution in [3.8, 4) is 0 Å². The second-order valence-electron chi connectivity index (χ2n) is 4.94. The smallest absolute Gasteiger partial charge is 0.233 e. The lowest BCUT2D eigenvalue weighted by molar-refractivity contribution is -0.120. The maximum atomic E-state index is 11.6. The maximum Gasteiger partial charge on any atom is 0.233 e. The van der Waals surface area contributed by atoms with Crippen molar-refractivity contribution in [3.05, 3.63) is 16.1 Å². The molecule has 1 aromatic heterocycles. The van der Waals surface area contributed by atoms with Crippen LogP contribution >= 0.6 is 11.3 Å². The van der Waals surface area contributed by atoms with Crippen LogP contribution in [0.25, 0.3) is 0 Å². The van der Waals surface area contributed by atoms with E-state index in [9.17, 15) is 4.79 Å². The van der Waals surface area contributed by atoms with Crippen LogP contribution in [-0.4, -0.2) is 24.0 Å². The number of hydrogen-bond acceptors (Lipinski definition) is 4. The lowest BCUT2D eigenvalue weighted by Crippen LogP contribution is -2.35. The van der Waals surface area contributed by atoms with Gasteiger partial charge in [-0.2, -0.15) is 0 Å². The van der Waals surface area contributed by atoms with Crippen LogP contribution in [0.4, 0.5) is 0 Å². The van der Waals surface area contributed by atoms with Crippen LogP contribution < -0.4 is 10.6 Å². The SMILES string of the molecule is Cc1cnc(C(C)NCC(=O)NCCC(C)C)s1. The van der Waals surface area contributed by atoms with E-state index in [0.717, 1.165) is 18.0 Å². The Morgan fingerprint density at radius 2 is 2.17 bits per heavy atom. The van der Waals surface area contributed by atoms with Gasteiger partial charge in [0, 0.05) is 17.6 Å². The summed E-state index contributed by atoms with van der Waals surface area (Å²) in [7, 11) is 0. The summed E-state index contributed by atoms with van der Waals surface area (Å²) >= 11 is 1.66. The molecule has 0 spiro atoms. The van der Waals surface area contributed by atoms with Gasteiger partial charge in [-0.05, 0) is 26.2 Å². The predicted octanol–water partition coefficient (Wildman–Crippen LogP) is 2.26. The van der Waals surface area contributed by atoms with Gasteiger partial charge in [0.25, 0.3) is 0 Å². The van der Waals surface area contributed by atoms with Gasteiger partial charge in [-0.3, -0.25) is 10.1 Å². The summed E-state index contributed by atoms with van der Waals surface area (Å²) in [4.78, 5) is 17.1. The molecule has 4 nitrogen and oxygen atoms in total. The second-order valence-corrected chi connectivity index (χ2v) is 6.21. The van der Waals surface area contributed by atoms with Crippen molar-refractivity contribution in [3.63, 3.8) is 0 Å². The third-order valence-electron chi connectivity index (χ3n) is 2.62. The molecule has 1 aromatic rings. The Hall–Kier alpha value is -0.940. The Morgan fingerprint density at radius 1 is 1.44 bits per heavy atom. The highest BCUT2D eigenvalue weighted by Crippen LogP contribution is 2.18. The highest BCUT2D eigenvalue weighted by Gasteiger charge is 2.10. The molecule has 1 heterocycles. The zero-order valence-electron chi connectivity index (χ0n) is 11.6. The molecule has 5 heteroatoms. The Balaban J connectivity index is 2.22. The zero-order chi connectivity index (χ0) is 13.5. The molecule has 0 saturated carbocycles. The van der Waals surface area contributed by atoms with Gasteiger partial charge < -0.3 is 5.32 Å². The van der Waals surface area contributed by atoms with Gasteiger partial charge in [-0.25, -0.2) is 4.98 Å². The largest absolute Gasteiger partial charge is 0.355 e. The number of nitrogens with zero attached hydrogens (tertiary/aromatic N) is 1. The molecular formula is C13H23N3OS. The Kier molecular flexibility index (Phi) is 6.29. The predicted molar refractivity (Wildman–Crippen MR) is 75.7 cm³/mol. The van der Waals surface area contributed by atoms with E-state index in [0.29, 0.717) is 12.5 Å². The normalized spacial score (nSPS) is 12.7. The van der Waals surface area contributed by atoms with Crippen LogP contribution in [0.5, 0.6) is 0 Å². The average molecular weight is 269 g/mol. The molecule has 18 heavy (non-hydrogen) atoms.